The van der Waals surface area contributed by atoms with E-state index >= 15 is 0 Å². The second-order valence-corrected chi connectivity index (χ2v) is 4.83. The molecule has 0 aliphatic rings. The van der Waals surface area contributed by atoms with Crippen molar-refractivity contribution in [3.63, 3.8) is 0 Å². The highest BCUT2D eigenvalue weighted by Crippen LogP contribution is 2.18. The summed E-state index contributed by atoms with van der Waals surface area (Å²) in [7, 11) is 2.03. The number of hydrogen-bond donors (Lipinski definition) is 1. The average molecular weight is 252 g/mol. The Labute approximate surface area is 110 Å². The molecule has 0 amide bonds. The summed E-state index contributed by atoms with van der Waals surface area (Å²) < 4.78 is 12.9. The number of benzene rings is 1. The first-order valence-corrected chi connectivity index (χ1v) is 6.87. The van der Waals surface area contributed by atoms with Crippen LogP contribution in [0.1, 0.15) is 39.0 Å². The zero-order valence-electron chi connectivity index (χ0n) is 11.5. The van der Waals surface area contributed by atoms with Crippen LogP contribution in [-0.2, 0) is 0 Å². The molecule has 1 rings (SSSR count). The fraction of sp³-hybridized carbons (Fsp3) is 0.600. The predicted octanol–water partition coefficient (Wildman–Crippen LogP) is 3.56. The monoisotopic (exact) mass is 252 g/mol. The van der Waals surface area contributed by atoms with Crippen LogP contribution in [0.25, 0.3) is 0 Å². The smallest absolute Gasteiger partial charge is 0.123 e. The minimum Gasteiger partial charge on any atom is -0.370 e. The highest BCUT2D eigenvalue weighted by molar-refractivity contribution is 5.46. The van der Waals surface area contributed by atoms with E-state index in [4.69, 9.17) is 5.73 Å². The van der Waals surface area contributed by atoms with Crippen molar-refractivity contribution in [2.75, 3.05) is 18.5 Å². The number of rotatable bonds is 8. The van der Waals surface area contributed by atoms with Gasteiger partial charge in [0, 0.05) is 25.3 Å². The van der Waals surface area contributed by atoms with E-state index in [0.29, 0.717) is 12.6 Å². The van der Waals surface area contributed by atoms with Gasteiger partial charge >= 0.3 is 0 Å². The van der Waals surface area contributed by atoms with E-state index < -0.39 is 0 Å². The molecule has 102 valence electrons. The van der Waals surface area contributed by atoms with Gasteiger partial charge in [0.1, 0.15) is 5.82 Å². The summed E-state index contributed by atoms with van der Waals surface area (Å²) in [6, 6.07) is 6.95. The van der Waals surface area contributed by atoms with E-state index in [-0.39, 0.29) is 5.82 Å². The summed E-state index contributed by atoms with van der Waals surface area (Å²) in [5, 5.41) is 0. The number of likely N-dealkylation sites (N-methyl/N-ethyl adjacent to an activating group) is 1. The number of nitrogens with zero attached hydrogens (tertiary/aromatic N) is 1. The fourth-order valence-electron chi connectivity index (χ4n) is 2.16. The van der Waals surface area contributed by atoms with Crippen LogP contribution in [0, 0.1) is 5.82 Å². The molecule has 2 nitrogen and oxygen atoms in total. The summed E-state index contributed by atoms with van der Waals surface area (Å²) in [6.07, 6.45) is 6.12. The van der Waals surface area contributed by atoms with Crippen LogP contribution in [-0.4, -0.2) is 19.6 Å². The Hall–Kier alpha value is -1.09. The first-order chi connectivity index (χ1) is 8.69. The normalized spacial score (nSPS) is 12.4. The van der Waals surface area contributed by atoms with Gasteiger partial charge in [0.2, 0.25) is 0 Å². The molecule has 0 saturated carbocycles. The van der Waals surface area contributed by atoms with Crippen molar-refractivity contribution in [3.8, 4) is 0 Å². The summed E-state index contributed by atoms with van der Waals surface area (Å²) >= 11 is 0. The lowest BCUT2D eigenvalue weighted by Crippen LogP contribution is -2.37. The zero-order valence-corrected chi connectivity index (χ0v) is 11.5. The van der Waals surface area contributed by atoms with Gasteiger partial charge in [-0.1, -0.05) is 32.6 Å². The molecule has 0 aliphatic carbocycles. The van der Waals surface area contributed by atoms with Crippen molar-refractivity contribution in [3.05, 3.63) is 30.1 Å². The molecular formula is C15H25FN2. The lowest BCUT2D eigenvalue weighted by Gasteiger charge is -2.29. The third-order valence-electron chi connectivity index (χ3n) is 3.44. The van der Waals surface area contributed by atoms with Crippen LogP contribution in [0.3, 0.4) is 0 Å². The largest absolute Gasteiger partial charge is 0.370 e. The van der Waals surface area contributed by atoms with E-state index in [9.17, 15) is 4.39 Å². The van der Waals surface area contributed by atoms with Gasteiger partial charge in [0.25, 0.3) is 0 Å². The lowest BCUT2D eigenvalue weighted by molar-refractivity contribution is 0.534. The first kappa shape index (κ1) is 15.0. The SMILES string of the molecule is CCCCCCC(CN)N(C)c1ccc(F)cc1. The van der Waals surface area contributed by atoms with Gasteiger partial charge in [-0.3, -0.25) is 0 Å². The number of nitrogens with two attached hydrogens (primary N) is 1. The molecule has 0 bridgehead atoms. The summed E-state index contributed by atoms with van der Waals surface area (Å²) in [5.41, 5.74) is 6.87. The van der Waals surface area contributed by atoms with Crippen molar-refractivity contribution in [1.82, 2.24) is 0 Å². The standard InChI is InChI=1S/C15H25FN2/c1-3-4-5-6-7-15(12-17)18(2)14-10-8-13(16)9-11-14/h8-11,15H,3-7,12,17H2,1-2H3. The Bertz CT molecular complexity index is 324. The van der Waals surface area contributed by atoms with Gasteiger partial charge in [-0.25, -0.2) is 4.39 Å². The molecule has 1 aromatic carbocycles. The second-order valence-electron chi connectivity index (χ2n) is 4.83. The molecule has 0 aliphatic heterocycles. The van der Waals surface area contributed by atoms with Gasteiger partial charge < -0.3 is 10.6 Å². The highest BCUT2D eigenvalue weighted by Gasteiger charge is 2.13. The highest BCUT2D eigenvalue weighted by atomic mass is 19.1. The van der Waals surface area contributed by atoms with Gasteiger partial charge in [0.05, 0.1) is 0 Å². The molecule has 0 spiro atoms. The maximum absolute atomic E-state index is 12.9. The first-order valence-electron chi connectivity index (χ1n) is 6.87. The number of hydrogen-bond acceptors (Lipinski definition) is 2. The van der Waals surface area contributed by atoms with E-state index in [1.807, 2.05) is 19.2 Å². The van der Waals surface area contributed by atoms with Crippen LogP contribution in [0.15, 0.2) is 24.3 Å². The maximum atomic E-state index is 12.9. The molecule has 1 unspecified atom stereocenters. The van der Waals surface area contributed by atoms with Crippen molar-refractivity contribution >= 4 is 5.69 Å². The molecule has 0 fully saturated rings. The van der Waals surface area contributed by atoms with Crippen LogP contribution >= 0.6 is 0 Å². The zero-order chi connectivity index (χ0) is 13.4. The van der Waals surface area contributed by atoms with E-state index in [1.54, 1.807) is 0 Å². The molecule has 0 radical (unpaired) electrons. The van der Waals surface area contributed by atoms with Crippen LogP contribution in [0.4, 0.5) is 10.1 Å². The predicted molar refractivity (Wildman–Crippen MR) is 76.4 cm³/mol. The Morgan fingerprint density at radius 3 is 2.39 bits per heavy atom. The molecule has 1 atom stereocenters. The van der Waals surface area contributed by atoms with Crippen LogP contribution in [0.5, 0.6) is 0 Å². The Balaban J connectivity index is 2.50. The Kier molecular flexibility index (Phi) is 6.73. The minimum absolute atomic E-state index is 0.195. The molecule has 2 N–H and O–H groups in total. The van der Waals surface area contributed by atoms with E-state index in [1.165, 1.54) is 37.8 Å². The second kappa shape index (κ2) is 8.09. The summed E-state index contributed by atoms with van der Waals surface area (Å²) in [6.45, 7) is 2.85. The molecule has 18 heavy (non-hydrogen) atoms. The number of unbranched alkanes of at least 4 members (excludes halogenated alkanes) is 3. The van der Waals surface area contributed by atoms with Gasteiger partial charge in [-0.15, -0.1) is 0 Å². The number of halogens is 1. The quantitative estimate of drug-likeness (QED) is 0.717. The molecule has 1 aromatic rings. The van der Waals surface area contributed by atoms with Crippen molar-refractivity contribution in [1.29, 1.82) is 0 Å². The van der Waals surface area contributed by atoms with Crippen molar-refractivity contribution in [2.45, 2.75) is 45.1 Å². The van der Waals surface area contributed by atoms with E-state index in [2.05, 4.69) is 11.8 Å². The third kappa shape index (κ3) is 4.65. The number of anilines is 1. The molecule has 3 heteroatoms. The Morgan fingerprint density at radius 1 is 1.17 bits per heavy atom. The fourth-order valence-corrected chi connectivity index (χ4v) is 2.16. The lowest BCUT2D eigenvalue weighted by atomic mass is 10.1. The summed E-state index contributed by atoms with van der Waals surface area (Å²) in [5.74, 6) is -0.195. The van der Waals surface area contributed by atoms with E-state index in [0.717, 1.165) is 12.1 Å². The molecule has 0 saturated heterocycles. The van der Waals surface area contributed by atoms with Gasteiger partial charge in [-0.05, 0) is 30.7 Å². The average Bonchev–Trinajstić information content (AvgIpc) is 2.39. The minimum atomic E-state index is -0.195. The van der Waals surface area contributed by atoms with Crippen LogP contribution in [0.2, 0.25) is 0 Å². The molecule has 0 heterocycles. The molecular weight excluding hydrogens is 227 g/mol. The van der Waals surface area contributed by atoms with Crippen LogP contribution < -0.4 is 10.6 Å². The van der Waals surface area contributed by atoms with Gasteiger partial charge in [0.15, 0.2) is 0 Å². The van der Waals surface area contributed by atoms with Crippen molar-refractivity contribution in [2.24, 2.45) is 5.73 Å². The molecule has 0 aromatic heterocycles. The Morgan fingerprint density at radius 2 is 1.83 bits per heavy atom. The topological polar surface area (TPSA) is 29.3 Å². The van der Waals surface area contributed by atoms with Gasteiger partial charge in [-0.2, -0.15) is 0 Å². The summed E-state index contributed by atoms with van der Waals surface area (Å²) in [4.78, 5) is 2.16. The van der Waals surface area contributed by atoms with Crippen molar-refractivity contribution < 1.29 is 4.39 Å². The maximum Gasteiger partial charge on any atom is 0.123 e. The third-order valence-corrected chi connectivity index (χ3v) is 3.44.